The van der Waals surface area contributed by atoms with Crippen molar-refractivity contribution in [2.24, 2.45) is 20.5 Å². The van der Waals surface area contributed by atoms with E-state index in [-0.39, 0.29) is 46.8 Å². The number of carbonyl (C=O) groups is 4. The number of halogens is 6. The third-order valence-corrected chi connectivity index (χ3v) is 8.18. The van der Waals surface area contributed by atoms with Crippen molar-refractivity contribution in [3.63, 3.8) is 0 Å². The van der Waals surface area contributed by atoms with Crippen LogP contribution in [-0.4, -0.2) is 46.3 Å². The number of nitrogens with one attached hydrogen (secondary N) is 2. The molecule has 0 aliphatic carbocycles. The number of carboxylic acids is 2. The minimum atomic E-state index is -4.72. The van der Waals surface area contributed by atoms with Crippen LogP contribution in [0, 0.1) is 0 Å². The summed E-state index contributed by atoms with van der Waals surface area (Å²) < 4.78 is 85.4. The van der Waals surface area contributed by atoms with Crippen LogP contribution in [0.5, 0.6) is 11.5 Å². The van der Waals surface area contributed by atoms with E-state index in [1.165, 1.54) is 36.4 Å². The maximum atomic E-state index is 13.3. The molecule has 0 atom stereocenters. The highest BCUT2D eigenvalue weighted by molar-refractivity contribution is 6.06. The molecule has 53 heavy (non-hydrogen) atoms. The van der Waals surface area contributed by atoms with E-state index in [0.717, 1.165) is 48.5 Å². The van der Waals surface area contributed by atoms with E-state index in [1.54, 1.807) is 0 Å². The van der Waals surface area contributed by atoms with Crippen molar-refractivity contribution >= 4 is 23.8 Å². The van der Waals surface area contributed by atoms with E-state index >= 15 is 0 Å². The molecule has 13 nitrogen and oxygen atoms in total. The van der Waals surface area contributed by atoms with Crippen LogP contribution >= 0.6 is 0 Å². The van der Waals surface area contributed by atoms with Gasteiger partial charge in [0.1, 0.15) is 11.5 Å². The van der Waals surface area contributed by atoms with Gasteiger partial charge < -0.3 is 25.6 Å². The molecule has 0 unspecified atom stereocenters. The molecule has 0 radical (unpaired) electrons. The van der Waals surface area contributed by atoms with E-state index in [4.69, 9.17) is 4.74 Å². The summed E-state index contributed by atoms with van der Waals surface area (Å²) in [7, 11) is 0. The number of hydrogen-bond donors (Lipinski definition) is 4. The van der Waals surface area contributed by atoms with Crippen molar-refractivity contribution in [1.29, 1.82) is 0 Å². The van der Waals surface area contributed by atoms with Gasteiger partial charge in [0, 0.05) is 24.2 Å². The molecule has 4 aromatic carbocycles. The van der Waals surface area contributed by atoms with Gasteiger partial charge in [0.05, 0.1) is 22.3 Å². The highest BCUT2D eigenvalue weighted by atomic mass is 19.4. The smallest absolute Gasteiger partial charge is 0.442 e. The van der Waals surface area contributed by atoms with E-state index in [2.05, 4.69) is 31.1 Å². The van der Waals surface area contributed by atoms with Crippen LogP contribution in [-0.2, 0) is 24.4 Å². The molecule has 272 valence electrons. The van der Waals surface area contributed by atoms with Crippen LogP contribution in [0.3, 0.4) is 0 Å². The first-order chi connectivity index (χ1) is 24.9. The minimum Gasteiger partial charge on any atom is -0.478 e. The lowest BCUT2D eigenvalue weighted by Gasteiger charge is -2.15. The Bertz CT molecular complexity index is 2040. The number of carbonyl (C=O) groups excluding carboxylic acids is 2. The van der Waals surface area contributed by atoms with Crippen molar-refractivity contribution in [2.75, 3.05) is 0 Å². The molecule has 4 N–H and O–H groups in total. The standard InChI is InChI=1S/C34H22F6N6O7/c35-33(36,37)31(43-44-31)19-5-1-17(2-6-19)15-41-27(47)25-13-21(9-11-23(25)29(49)50)53-22-10-12-24(30(51)52)26(14-22)28(48)42-16-18-3-7-20(8-4-18)32(45-46-32)34(38,39)40/h1-14H,15-16H2,(H,41,47)(H,42,48)(H,49,50)(H,51,52). The van der Waals surface area contributed by atoms with E-state index in [0.29, 0.717) is 11.1 Å². The zero-order chi connectivity index (χ0) is 38.3. The van der Waals surface area contributed by atoms with Gasteiger partial charge in [-0.05, 0) is 47.5 Å². The third kappa shape index (κ3) is 7.12. The number of rotatable bonds is 12. The largest absolute Gasteiger partial charge is 0.478 e. The summed E-state index contributed by atoms with van der Waals surface area (Å²) in [6, 6.07) is 16.7. The molecular weight excluding hydrogens is 718 g/mol. The predicted octanol–water partition coefficient (Wildman–Crippen LogP) is 7.10. The topological polar surface area (TPSA) is 191 Å². The molecule has 0 bridgehead atoms. The van der Waals surface area contributed by atoms with Crippen molar-refractivity contribution in [1.82, 2.24) is 10.6 Å². The second kappa shape index (κ2) is 13.1. The van der Waals surface area contributed by atoms with Gasteiger partial charge >= 0.3 is 35.6 Å². The maximum Gasteiger partial charge on any atom is 0.442 e. The number of carboxylic acid groups (broad SMARTS) is 2. The maximum absolute atomic E-state index is 13.3. The highest BCUT2D eigenvalue weighted by Crippen LogP contribution is 2.53. The summed E-state index contributed by atoms with van der Waals surface area (Å²) in [6.45, 7) is -0.397. The predicted molar refractivity (Wildman–Crippen MR) is 167 cm³/mol. The summed E-state index contributed by atoms with van der Waals surface area (Å²) in [6.07, 6.45) is -9.44. The van der Waals surface area contributed by atoms with Crippen LogP contribution in [0.15, 0.2) is 105 Å². The van der Waals surface area contributed by atoms with Crippen molar-refractivity contribution in [3.8, 4) is 11.5 Å². The van der Waals surface area contributed by atoms with Crippen molar-refractivity contribution < 1.29 is 60.5 Å². The number of hydrogen-bond acceptors (Lipinski definition) is 9. The molecule has 2 aliphatic rings. The van der Waals surface area contributed by atoms with Gasteiger partial charge in [0.15, 0.2) is 0 Å². The van der Waals surface area contributed by atoms with Crippen LogP contribution in [0.2, 0.25) is 0 Å². The summed E-state index contributed by atoms with van der Waals surface area (Å²) in [5.41, 5.74) is -6.44. The van der Waals surface area contributed by atoms with Gasteiger partial charge in [-0.1, -0.05) is 48.5 Å². The average molecular weight is 741 g/mol. The van der Waals surface area contributed by atoms with Gasteiger partial charge in [-0.25, -0.2) is 9.59 Å². The summed E-state index contributed by atoms with van der Waals surface area (Å²) >= 11 is 0. The molecule has 0 fully saturated rings. The van der Waals surface area contributed by atoms with Gasteiger partial charge in [-0.2, -0.15) is 26.3 Å². The SMILES string of the molecule is O=C(O)c1ccc(Oc2ccc(C(=O)O)c(C(=O)NCc3ccc(C4(C(F)(F)F)N=N4)cc3)c2)cc1C(=O)NCc1ccc(C2(C(F)(F)F)N=N2)cc1. The Labute approximate surface area is 293 Å². The minimum absolute atomic E-state index is 0.0841. The second-order valence-corrected chi connectivity index (χ2v) is 11.6. The molecule has 0 aromatic heterocycles. The van der Waals surface area contributed by atoms with Gasteiger partial charge in [-0.3, -0.25) is 9.59 Å². The number of nitrogens with zero attached hydrogens (tertiary/aromatic N) is 4. The number of ether oxygens (including phenoxy) is 1. The lowest BCUT2D eigenvalue weighted by molar-refractivity contribution is -0.166. The fraction of sp³-hybridized carbons (Fsp3) is 0.176. The van der Waals surface area contributed by atoms with Crippen LogP contribution in [0.1, 0.15) is 63.7 Å². The molecule has 2 aliphatic heterocycles. The number of aromatic carboxylic acids is 2. The average Bonchev–Trinajstić information content (AvgIpc) is 4.04. The van der Waals surface area contributed by atoms with Crippen LogP contribution in [0.25, 0.3) is 0 Å². The fourth-order valence-electron chi connectivity index (χ4n) is 5.21. The normalized spacial score (nSPS) is 15.0. The number of alkyl halides is 6. The molecular formula is C34H22F6N6O7. The quantitative estimate of drug-likeness (QED) is 0.111. The Hall–Kier alpha value is -6.66. The Morgan fingerprint density at radius 2 is 0.887 bits per heavy atom. The first kappa shape index (κ1) is 36.1. The Balaban J connectivity index is 1.14. The lowest BCUT2D eigenvalue weighted by Crippen LogP contribution is -2.30. The first-order valence-corrected chi connectivity index (χ1v) is 15.1. The Morgan fingerprint density at radius 3 is 1.17 bits per heavy atom. The number of amides is 2. The third-order valence-electron chi connectivity index (χ3n) is 8.18. The van der Waals surface area contributed by atoms with Gasteiger partial charge in [-0.15, -0.1) is 20.5 Å². The molecule has 0 spiro atoms. The molecule has 2 amide bonds. The molecule has 0 saturated heterocycles. The van der Waals surface area contributed by atoms with E-state index in [1.807, 2.05) is 0 Å². The monoisotopic (exact) mass is 740 g/mol. The van der Waals surface area contributed by atoms with Crippen molar-refractivity contribution in [2.45, 2.75) is 36.8 Å². The molecule has 6 rings (SSSR count). The molecule has 2 heterocycles. The molecule has 0 saturated carbocycles. The van der Waals surface area contributed by atoms with Crippen molar-refractivity contribution in [3.05, 3.63) is 129 Å². The molecule has 19 heteroatoms. The summed E-state index contributed by atoms with van der Waals surface area (Å²) in [4.78, 5) is 50.0. The highest BCUT2D eigenvalue weighted by Gasteiger charge is 2.65. The molecule has 4 aromatic rings. The van der Waals surface area contributed by atoms with E-state index < -0.39 is 58.6 Å². The summed E-state index contributed by atoms with van der Waals surface area (Å²) in [5.74, 6) is -4.84. The van der Waals surface area contributed by atoms with Gasteiger partial charge in [0.2, 0.25) is 0 Å². The number of benzene rings is 4. The summed E-state index contributed by atoms with van der Waals surface area (Å²) in [5, 5.41) is 36.8. The lowest BCUT2D eigenvalue weighted by atomic mass is 10.0. The van der Waals surface area contributed by atoms with E-state index in [9.17, 15) is 55.7 Å². The van der Waals surface area contributed by atoms with Crippen LogP contribution in [0.4, 0.5) is 26.3 Å². The Morgan fingerprint density at radius 1 is 0.547 bits per heavy atom. The first-order valence-electron chi connectivity index (χ1n) is 15.1. The zero-order valence-corrected chi connectivity index (χ0v) is 26.5. The van der Waals surface area contributed by atoms with Gasteiger partial charge in [0.25, 0.3) is 11.8 Å². The van der Waals surface area contributed by atoms with Crippen LogP contribution < -0.4 is 15.4 Å². The fourth-order valence-corrected chi connectivity index (χ4v) is 5.21. The second-order valence-electron chi connectivity index (χ2n) is 11.6. The zero-order valence-electron chi connectivity index (χ0n) is 26.5. The Kier molecular flexibility index (Phi) is 8.97.